The van der Waals surface area contributed by atoms with Crippen LogP contribution in [0, 0.1) is 0 Å². The summed E-state index contributed by atoms with van der Waals surface area (Å²) in [6.07, 6.45) is 16.0. The number of hydrogen-bond acceptors (Lipinski definition) is 3. The topological polar surface area (TPSA) is 55.8 Å². The Labute approximate surface area is 150 Å². The lowest BCUT2D eigenvalue weighted by Gasteiger charge is -2.00. The number of hydrogen-bond donors (Lipinski definition) is 1. The normalized spacial score (nSPS) is 10.3. The van der Waals surface area contributed by atoms with E-state index < -0.39 is 5.97 Å². The highest BCUT2D eigenvalue weighted by Crippen LogP contribution is 2.10. The summed E-state index contributed by atoms with van der Waals surface area (Å²) < 4.78 is 0. The molecule has 1 N–H and O–H groups in total. The van der Waals surface area contributed by atoms with Gasteiger partial charge in [0.05, 0.1) is 13.2 Å². The van der Waals surface area contributed by atoms with Crippen LogP contribution in [0.25, 0.3) is 0 Å². The van der Waals surface area contributed by atoms with Crippen LogP contribution in [0.3, 0.4) is 0 Å². The highest BCUT2D eigenvalue weighted by atomic mass is 17.2. The Bertz CT molecular complexity index is 224. The van der Waals surface area contributed by atoms with Gasteiger partial charge < -0.3 is 5.11 Å². The van der Waals surface area contributed by atoms with Crippen molar-refractivity contribution in [1.82, 2.24) is 0 Å². The van der Waals surface area contributed by atoms with Gasteiger partial charge in [0.15, 0.2) is 0 Å². The molecule has 0 heterocycles. The summed E-state index contributed by atoms with van der Waals surface area (Å²) in [6, 6.07) is 0. The molecule has 0 amide bonds. The van der Waals surface area contributed by atoms with Crippen LogP contribution in [0.2, 0.25) is 0 Å². The van der Waals surface area contributed by atoms with Crippen molar-refractivity contribution in [2.24, 2.45) is 0 Å². The van der Waals surface area contributed by atoms with Gasteiger partial charge in [-0.3, -0.25) is 4.79 Å². The molecule has 0 saturated heterocycles. The van der Waals surface area contributed by atoms with Crippen LogP contribution in [-0.2, 0) is 14.6 Å². The first-order valence-corrected chi connectivity index (χ1v) is 10.1. The minimum Gasteiger partial charge on any atom is -0.481 e. The Balaban J connectivity index is 0. The lowest BCUT2D eigenvalue weighted by molar-refractivity contribution is -0.295. The predicted octanol–water partition coefficient (Wildman–Crippen LogP) is 6.53. The van der Waals surface area contributed by atoms with Crippen LogP contribution in [-0.4, -0.2) is 24.3 Å². The summed E-state index contributed by atoms with van der Waals surface area (Å²) in [7, 11) is 0. The molecule has 0 aromatic heterocycles. The van der Waals surface area contributed by atoms with Gasteiger partial charge in [-0.1, -0.05) is 85.0 Å². The van der Waals surface area contributed by atoms with E-state index in [2.05, 4.69) is 20.8 Å². The van der Waals surface area contributed by atoms with Crippen LogP contribution in [0.5, 0.6) is 0 Å². The van der Waals surface area contributed by atoms with Crippen molar-refractivity contribution >= 4 is 5.97 Å². The first-order valence-electron chi connectivity index (χ1n) is 10.1. The zero-order valence-electron chi connectivity index (χ0n) is 16.5. The summed E-state index contributed by atoms with van der Waals surface area (Å²) >= 11 is 0. The van der Waals surface area contributed by atoms with Crippen molar-refractivity contribution < 1.29 is 19.7 Å². The molecule has 24 heavy (non-hydrogen) atoms. The Morgan fingerprint density at radius 1 is 0.625 bits per heavy atom. The zero-order valence-corrected chi connectivity index (χ0v) is 16.5. The van der Waals surface area contributed by atoms with E-state index in [-0.39, 0.29) is 0 Å². The quantitative estimate of drug-likeness (QED) is 0.185. The average Bonchev–Trinajstić information content (AvgIpc) is 2.57. The van der Waals surface area contributed by atoms with Crippen LogP contribution in [0.15, 0.2) is 0 Å². The number of carboxylic acids is 1. The highest BCUT2D eigenvalue weighted by molar-refractivity contribution is 5.66. The third-order valence-corrected chi connectivity index (χ3v) is 3.74. The first-order chi connectivity index (χ1) is 11.7. The third kappa shape index (κ3) is 29.4. The van der Waals surface area contributed by atoms with Crippen LogP contribution in [0.4, 0.5) is 0 Å². The molecule has 0 aliphatic carbocycles. The first kappa shape index (κ1) is 25.6. The SMILES string of the molecule is CCCCCCCCCCCC(=O)O.CCCCOOCCCC. The monoisotopic (exact) mass is 346 g/mol. The van der Waals surface area contributed by atoms with Crippen LogP contribution < -0.4 is 0 Å². The van der Waals surface area contributed by atoms with E-state index in [0.29, 0.717) is 6.42 Å². The molecule has 0 saturated carbocycles. The van der Waals surface area contributed by atoms with Gasteiger partial charge in [0.2, 0.25) is 0 Å². The summed E-state index contributed by atoms with van der Waals surface area (Å²) in [5.41, 5.74) is 0. The number of unbranched alkanes of at least 4 members (excludes halogenated alkanes) is 10. The fourth-order valence-corrected chi connectivity index (χ4v) is 2.11. The average molecular weight is 347 g/mol. The zero-order chi connectivity index (χ0) is 18.3. The van der Waals surface area contributed by atoms with Gasteiger partial charge in [-0.25, -0.2) is 9.78 Å². The fourth-order valence-electron chi connectivity index (χ4n) is 2.11. The predicted molar refractivity (Wildman–Crippen MR) is 101 cm³/mol. The molecule has 0 unspecified atom stereocenters. The second kappa shape index (κ2) is 24.6. The second-order valence-corrected chi connectivity index (χ2v) is 6.32. The van der Waals surface area contributed by atoms with E-state index in [9.17, 15) is 4.79 Å². The lowest BCUT2D eigenvalue weighted by atomic mass is 10.1. The Morgan fingerprint density at radius 3 is 1.38 bits per heavy atom. The fraction of sp³-hybridized carbons (Fsp3) is 0.950. The Morgan fingerprint density at radius 2 is 1.00 bits per heavy atom. The summed E-state index contributed by atoms with van der Waals surface area (Å²) in [4.78, 5) is 20.0. The van der Waals surface area contributed by atoms with E-state index in [1.807, 2.05) is 0 Å². The van der Waals surface area contributed by atoms with Gasteiger partial charge in [0.1, 0.15) is 0 Å². The molecule has 0 bridgehead atoms. The van der Waals surface area contributed by atoms with E-state index in [1.165, 1.54) is 44.9 Å². The molecule has 0 fully saturated rings. The molecule has 0 aliphatic rings. The number of aliphatic carboxylic acids is 1. The van der Waals surface area contributed by atoms with E-state index >= 15 is 0 Å². The largest absolute Gasteiger partial charge is 0.481 e. The molecule has 0 aromatic rings. The minimum atomic E-state index is -0.659. The van der Waals surface area contributed by atoms with Crippen molar-refractivity contribution in [3.05, 3.63) is 0 Å². The summed E-state index contributed by atoms with van der Waals surface area (Å²) in [5, 5.41) is 8.41. The highest BCUT2D eigenvalue weighted by Gasteiger charge is 1.96. The van der Waals surface area contributed by atoms with Gasteiger partial charge in [0, 0.05) is 6.42 Å². The van der Waals surface area contributed by atoms with E-state index in [4.69, 9.17) is 14.9 Å². The maximum Gasteiger partial charge on any atom is 0.303 e. The minimum absolute atomic E-state index is 0.343. The van der Waals surface area contributed by atoms with Gasteiger partial charge in [-0.2, -0.15) is 0 Å². The van der Waals surface area contributed by atoms with Crippen molar-refractivity contribution in [3.8, 4) is 0 Å². The van der Waals surface area contributed by atoms with Crippen molar-refractivity contribution in [2.45, 2.75) is 111 Å². The summed E-state index contributed by atoms with van der Waals surface area (Å²) in [6.45, 7) is 7.97. The molecule has 0 rings (SSSR count). The van der Waals surface area contributed by atoms with E-state index in [0.717, 1.165) is 51.7 Å². The maximum absolute atomic E-state index is 10.2. The van der Waals surface area contributed by atoms with Crippen molar-refractivity contribution in [2.75, 3.05) is 13.2 Å². The van der Waals surface area contributed by atoms with E-state index in [1.54, 1.807) is 0 Å². The van der Waals surface area contributed by atoms with Crippen molar-refractivity contribution in [1.29, 1.82) is 0 Å². The maximum atomic E-state index is 10.2. The Kier molecular flexibility index (Phi) is 26.3. The molecular weight excluding hydrogens is 304 g/mol. The molecule has 0 spiro atoms. The third-order valence-electron chi connectivity index (χ3n) is 3.74. The molecule has 0 aromatic carbocycles. The standard InChI is InChI=1S/C12H24O2.C8H18O2/c1-2-3-4-5-6-7-8-9-10-11-12(13)14;1-3-5-7-9-10-8-6-4-2/h2-11H2,1H3,(H,13,14);3-8H2,1-2H3. The van der Waals surface area contributed by atoms with Gasteiger partial charge >= 0.3 is 5.97 Å². The van der Waals surface area contributed by atoms with Gasteiger partial charge in [-0.05, 0) is 19.3 Å². The molecule has 146 valence electrons. The second-order valence-electron chi connectivity index (χ2n) is 6.32. The number of carboxylic acid groups (broad SMARTS) is 1. The van der Waals surface area contributed by atoms with Crippen LogP contribution >= 0.6 is 0 Å². The van der Waals surface area contributed by atoms with Gasteiger partial charge in [-0.15, -0.1) is 0 Å². The number of carbonyl (C=O) groups is 1. The van der Waals surface area contributed by atoms with Crippen LogP contribution in [0.1, 0.15) is 111 Å². The molecule has 4 heteroatoms. The molecular formula is C20H42O4. The molecule has 0 aliphatic heterocycles. The summed E-state index contributed by atoms with van der Waals surface area (Å²) in [5.74, 6) is -0.659. The molecule has 0 radical (unpaired) electrons. The number of rotatable bonds is 17. The molecule has 0 atom stereocenters. The van der Waals surface area contributed by atoms with Gasteiger partial charge in [0.25, 0.3) is 0 Å². The lowest BCUT2D eigenvalue weighted by Crippen LogP contribution is -1.97. The molecule has 4 nitrogen and oxygen atoms in total. The smallest absolute Gasteiger partial charge is 0.303 e. The Hall–Kier alpha value is -0.610. The van der Waals surface area contributed by atoms with Crippen molar-refractivity contribution in [3.63, 3.8) is 0 Å².